The van der Waals surface area contributed by atoms with Crippen LogP contribution in [0.15, 0.2) is 83.5 Å². The fourth-order valence-corrected chi connectivity index (χ4v) is 3.08. The summed E-state index contributed by atoms with van der Waals surface area (Å²) in [6.45, 7) is 6.08. The van der Waals surface area contributed by atoms with Gasteiger partial charge in [-0.1, -0.05) is 55.1 Å². The Morgan fingerprint density at radius 2 is 1.63 bits per heavy atom. The zero-order valence-corrected chi connectivity index (χ0v) is 15.7. The van der Waals surface area contributed by atoms with Gasteiger partial charge in [-0.2, -0.15) is 5.10 Å². The number of allylic oxidation sites excluding steroid dienone is 4. The molecule has 1 aliphatic rings. The molecule has 4 heteroatoms. The Balaban J connectivity index is 1.98. The van der Waals surface area contributed by atoms with Gasteiger partial charge in [-0.25, -0.2) is 4.79 Å². The molecular weight excluding hydrogens is 336 g/mol. The Labute approximate surface area is 159 Å². The van der Waals surface area contributed by atoms with Gasteiger partial charge < -0.3 is 10.1 Å². The smallest absolute Gasteiger partial charge is 0.338 e. The summed E-state index contributed by atoms with van der Waals surface area (Å²) in [7, 11) is 3.51. The molecule has 0 saturated carbocycles. The van der Waals surface area contributed by atoms with E-state index in [0.717, 1.165) is 16.7 Å². The number of carbonyl (C=O) groups is 1. The number of hydrazone groups is 1. The van der Waals surface area contributed by atoms with Crippen molar-refractivity contribution in [2.75, 3.05) is 14.1 Å². The summed E-state index contributed by atoms with van der Waals surface area (Å²) < 4.78 is 0. The van der Waals surface area contributed by atoms with E-state index in [1.807, 2.05) is 30.3 Å². The van der Waals surface area contributed by atoms with Gasteiger partial charge in [0.15, 0.2) is 0 Å². The van der Waals surface area contributed by atoms with Crippen molar-refractivity contribution < 1.29 is 9.90 Å². The maximum Gasteiger partial charge on any atom is 0.338 e. The number of benzene rings is 2. The maximum atomic E-state index is 11.7. The fraction of sp³-hybridized carbons (Fsp3) is 0.130. The van der Waals surface area contributed by atoms with Gasteiger partial charge in [0.25, 0.3) is 0 Å². The van der Waals surface area contributed by atoms with E-state index in [1.165, 1.54) is 11.1 Å². The third-order valence-corrected chi connectivity index (χ3v) is 4.39. The topological polar surface area (TPSA) is 52.9 Å². The SMILES string of the molecule is C=C1C=C(c2ccc(-c3ccccc3C)cc2)C=C(C(=O)O)/C1=N/N(C)C. The van der Waals surface area contributed by atoms with Crippen molar-refractivity contribution in [3.63, 3.8) is 0 Å². The summed E-state index contributed by atoms with van der Waals surface area (Å²) >= 11 is 0. The second-order valence-electron chi connectivity index (χ2n) is 6.68. The highest BCUT2D eigenvalue weighted by Gasteiger charge is 2.23. The van der Waals surface area contributed by atoms with Gasteiger partial charge in [0.1, 0.15) is 5.71 Å². The van der Waals surface area contributed by atoms with E-state index in [1.54, 1.807) is 25.2 Å². The summed E-state index contributed by atoms with van der Waals surface area (Å²) in [5.41, 5.74) is 6.40. The number of hydrogen-bond donors (Lipinski definition) is 1. The number of hydrogen-bond acceptors (Lipinski definition) is 3. The van der Waals surface area contributed by atoms with Gasteiger partial charge in [0, 0.05) is 14.1 Å². The molecule has 0 atom stereocenters. The molecular formula is C23H22N2O2. The van der Waals surface area contributed by atoms with E-state index < -0.39 is 5.97 Å². The van der Waals surface area contributed by atoms with Gasteiger partial charge >= 0.3 is 5.97 Å². The molecule has 0 aliphatic heterocycles. The summed E-state index contributed by atoms with van der Waals surface area (Å²) in [5, 5.41) is 15.4. The largest absolute Gasteiger partial charge is 0.478 e. The Kier molecular flexibility index (Phi) is 5.08. The minimum Gasteiger partial charge on any atom is -0.478 e. The molecule has 0 spiro atoms. The van der Waals surface area contributed by atoms with Crippen molar-refractivity contribution in [3.8, 4) is 11.1 Å². The Bertz CT molecular complexity index is 993. The molecule has 0 heterocycles. The highest BCUT2D eigenvalue weighted by atomic mass is 16.4. The van der Waals surface area contributed by atoms with Crippen molar-refractivity contribution in [2.45, 2.75) is 6.92 Å². The molecule has 2 aromatic carbocycles. The molecule has 0 aromatic heterocycles. The highest BCUT2D eigenvalue weighted by Crippen LogP contribution is 2.29. The quantitative estimate of drug-likeness (QED) is 0.816. The van der Waals surface area contributed by atoms with Crippen LogP contribution in [0.5, 0.6) is 0 Å². The number of aryl methyl sites for hydroxylation is 1. The highest BCUT2D eigenvalue weighted by molar-refractivity contribution is 6.30. The number of nitrogens with zero attached hydrogens (tertiary/aromatic N) is 2. The minimum absolute atomic E-state index is 0.147. The second-order valence-corrected chi connectivity index (χ2v) is 6.68. The normalized spacial score (nSPS) is 15.4. The fourth-order valence-electron chi connectivity index (χ4n) is 3.08. The van der Waals surface area contributed by atoms with Crippen molar-refractivity contribution in [1.29, 1.82) is 0 Å². The first-order valence-electron chi connectivity index (χ1n) is 8.65. The predicted octanol–water partition coefficient (Wildman–Crippen LogP) is 4.54. The lowest BCUT2D eigenvalue weighted by molar-refractivity contribution is -0.132. The molecule has 0 bridgehead atoms. The molecule has 0 amide bonds. The van der Waals surface area contributed by atoms with E-state index in [2.05, 4.69) is 42.9 Å². The number of rotatable bonds is 4. The second kappa shape index (κ2) is 7.46. The predicted molar refractivity (Wildman–Crippen MR) is 111 cm³/mol. The third kappa shape index (κ3) is 3.90. The van der Waals surface area contributed by atoms with E-state index in [-0.39, 0.29) is 5.57 Å². The summed E-state index contributed by atoms with van der Waals surface area (Å²) in [5.74, 6) is -1.01. The zero-order valence-electron chi connectivity index (χ0n) is 15.7. The molecule has 3 rings (SSSR count). The van der Waals surface area contributed by atoms with Crippen LogP contribution in [0, 0.1) is 6.92 Å². The lowest BCUT2D eigenvalue weighted by Crippen LogP contribution is -2.20. The first-order valence-corrected chi connectivity index (χ1v) is 8.65. The van der Waals surface area contributed by atoms with Crippen molar-refractivity contribution in [3.05, 3.63) is 89.5 Å². The van der Waals surface area contributed by atoms with Crippen LogP contribution >= 0.6 is 0 Å². The van der Waals surface area contributed by atoms with Crippen LogP contribution in [0.2, 0.25) is 0 Å². The van der Waals surface area contributed by atoms with Gasteiger partial charge in [0.2, 0.25) is 0 Å². The lowest BCUT2D eigenvalue weighted by atomic mass is 9.89. The van der Waals surface area contributed by atoms with E-state index in [9.17, 15) is 9.90 Å². The van der Waals surface area contributed by atoms with Gasteiger partial charge in [-0.15, -0.1) is 0 Å². The molecule has 4 nitrogen and oxygen atoms in total. The van der Waals surface area contributed by atoms with E-state index in [4.69, 9.17) is 0 Å². The average Bonchev–Trinajstić information content (AvgIpc) is 2.63. The van der Waals surface area contributed by atoms with Crippen LogP contribution in [0.25, 0.3) is 16.7 Å². The number of aliphatic carboxylic acids is 1. The average molecular weight is 358 g/mol. The molecule has 136 valence electrons. The minimum atomic E-state index is -1.01. The van der Waals surface area contributed by atoms with E-state index in [0.29, 0.717) is 11.3 Å². The van der Waals surface area contributed by atoms with Gasteiger partial charge in [-0.3, -0.25) is 0 Å². The first kappa shape index (κ1) is 18.4. The maximum absolute atomic E-state index is 11.7. The van der Waals surface area contributed by atoms with Gasteiger partial charge in [0.05, 0.1) is 5.57 Å². The van der Waals surface area contributed by atoms with Crippen LogP contribution in [0.4, 0.5) is 0 Å². The number of carboxylic acid groups (broad SMARTS) is 1. The van der Waals surface area contributed by atoms with Crippen LogP contribution in [0.1, 0.15) is 11.1 Å². The lowest BCUT2D eigenvalue weighted by Gasteiger charge is -2.18. The molecule has 0 unspecified atom stereocenters. The Hall–Kier alpha value is -3.40. The number of carboxylic acids is 1. The molecule has 27 heavy (non-hydrogen) atoms. The van der Waals surface area contributed by atoms with Crippen LogP contribution in [-0.2, 0) is 4.79 Å². The van der Waals surface area contributed by atoms with E-state index >= 15 is 0 Å². The van der Waals surface area contributed by atoms with Crippen LogP contribution in [0.3, 0.4) is 0 Å². The first-order chi connectivity index (χ1) is 12.9. The zero-order chi connectivity index (χ0) is 19.6. The Morgan fingerprint density at radius 3 is 2.22 bits per heavy atom. The Morgan fingerprint density at radius 1 is 1.00 bits per heavy atom. The third-order valence-electron chi connectivity index (χ3n) is 4.39. The molecule has 0 saturated heterocycles. The standard InChI is InChI=1S/C23H22N2O2/c1-15-7-5-6-8-20(15)18-11-9-17(10-12-18)19-13-16(2)22(24-25(3)4)21(14-19)23(26)27/h5-14H,2H2,1,3-4H3,(H,26,27)/b24-22+. The van der Waals surface area contributed by atoms with Crippen LogP contribution in [-0.4, -0.2) is 35.9 Å². The molecule has 2 aromatic rings. The summed E-state index contributed by atoms with van der Waals surface area (Å²) in [4.78, 5) is 11.7. The monoisotopic (exact) mass is 358 g/mol. The van der Waals surface area contributed by atoms with Crippen molar-refractivity contribution >= 4 is 17.3 Å². The molecule has 1 N–H and O–H groups in total. The van der Waals surface area contributed by atoms with Crippen LogP contribution < -0.4 is 0 Å². The summed E-state index contributed by atoms with van der Waals surface area (Å²) in [6, 6.07) is 16.4. The van der Waals surface area contributed by atoms with Crippen molar-refractivity contribution in [2.24, 2.45) is 5.10 Å². The molecule has 0 fully saturated rings. The van der Waals surface area contributed by atoms with Gasteiger partial charge in [-0.05, 0) is 52.5 Å². The van der Waals surface area contributed by atoms with Crippen molar-refractivity contribution in [1.82, 2.24) is 5.01 Å². The molecule has 1 aliphatic carbocycles. The summed E-state index contributed by atoms with van der Waals surface area (Å²) in [6.07, 6.45) is 3.53. The molecule has 0 radical (unpaired) electrons.